The van der Waals surface area contributed by atoms with Crippen molar-refractivity contribution in [3.05, 3.63) is 29.3 Å². The van der Waals surface area contributed by atoms with Crippen LogP contribution in [0, 0.1) is 11.8 Å². The van der Waals surface area contributed by atoms with E-state index >= 15 is 0 Å². The number of carbonyl (C=O) groups is 1. The number of nitrogens with one attached hydrogen (secondary N) is 2. The Morgan fingerprint density at radius 3 is 2.77 bits per heavy atom. The number of piperidine rings is 1. The molecule has 0 radical (unpaired) electrons. The van der Waals surface area contributed by atoms with Gasteiger partial charge in [0.1, 0.15) is 0 Å². The molecule has 1 atom stereocenters. The molecule has 1 aliphatic heterocycles. The van der Waals surface area contributed by atoms with E-state index < -0.39 is 0 Å². The molecule has 0 aliphatic carbocycles. The highest BCUT2D eigenvalue weighted by Gasteiger charge is 2.26. The zero-order valence-electron chi connectivity index (χ0n) is 15.5. The molecule has 0 bridgehead atoms. The predicted molar refractivity (Wildman–Crippen MR) is 115 cm³/mol. The van der Waals surface area contributed by atoms with E-state index in [-0.39, 0.29) is 11.8 Å². The van der Waals surface area contributed by atoms with Gasteiger partial charge in [0.2, 0.25) is 5.91 Å². The Hall–Kier alpha value is -0.980. The highest BCUT2D eigenvalue weighted by Crippen LogP contribution is 2.20. The van der Waals surface area contributed by atoms with Gasteiger partial charge >= 0.3 is 0 Å². The molecule has 1 aliphatic rings. The number of amides is 1. The Kier molecular flexibility index (Phi) is 9.02. The van der Waals surface area contributed by atoms with Gasteiger partial charge in [0.25, 0.3) is 0 Å². The summed E-state index contributed by atoms with van der Waals surface area (Å²) in [5, 5.41) is 7.87. The molecule has 1 heterocycles. The molecule has 1 aromatic carbocycles. The second kappa shape index (κ2) is 11.0. The zero-order valence-corrected chi connectivity index (χ0v) is 17.9. The van der Waals surface area contributed by atoms with E-state index in [0.717, 1.165) is 48.4 Å². The normalized spacial score (nSPS) is 17.2. The SMILES string of the molecule is CC(C)CNC(=O)C1CCCN(C(=S)NCCSc2ccc(Cl)cc2)C1. The molecule has 1 aromatic rings. The van der Waals surface area contributed by atoms with Crippen LogP contribution in [-0.4, -0.2) is 47.9 Å². The molecular formula is C19H28ClN3OS2. The lowest BCUT2D eigenvalue weighted by molar-refractivity contribution is -0.126. The first-order valence-corrected chi connectivity index (χ1v) is 10.9. The molecule has 2 N–H and O–H groups in total. The Morgan fingerprint density at radius 1 is 1.35 bits per heavy atom. The molecule has 4 nitrogen and oxygen atoms in total. The van der Waals surface area contributed by atoms with Crippen LogP contribution in [0.1, 0.15) is 26.7 Å². The fraction of sp³-hybridized carbons (Fsp3) is 0.579. The maximum Gasteiger partial charge on any atom is 0.224 e. The van der Waals surface area contributed by atoms with Gasteiger partial charge in [-0.25, -0.2) is 0 Å². The lowest BCUT2D eigenvalue weighted by Crippen LogP contribution is -2.49. The maximum atomic E-state index is 12.3. The summed E-state index contributed by atoms with van der Waals surface area (Å²) in [7, 11) is 0. The molecule has 1 unspecified atom stereocenters. The summed E-state index contributed by atoms with van der Waals surface area (Å²) in [5.41, 5.74) is 0. The number of carbonyl (C=O) groups excluding carboxylic acids is 1. The third-order valence-corrected chi connectivity index (χ3v) is 5.89. The second-order valence-electron chi connectivity index (χ2n) is 6.96. The average molecular weight is 414 g/mol. The summed E-state index contributed by atoms with van der Waals surface area (Å²) in [5.74, 6) is 1.59. The minimum Gasteiger partial charge on any atom is -0.362 e. The van der Waals surface area contributed by atoms with Gasteiger partial charge in [-0.2, -0.15) is 0 Å². The highest BCUT2D eigenvalue weighted by atomic mass is 35.5. The topological polar surface area (TPSA) is 44.4 Å². The standard InChI is InChI=1S/C19H28ClN3OS2/c1-14(2)12-22-18(24)15-4-3-10-23(13-15)19(25)21-9-11-26-17-7-5-16(20)6-8-17/h5-8,14-15H,3-4,9-13H2,1-2H3,(H,21,25)(H,22,24). The quantitative estimate of drug-likeness (QED) is 0.404. The Bertz CT molecular complexity index is 595. The molecule has 1 amide bonds. The molecule has 0 aromatic heterocycles. The summed E-state index contributed by atoms with van der Waals surface area (Å²) in [4.78, 5) is 15.6. The number of thiocarbonyl (C=S) groups is 1. The van der Waals surface area contributed by atoms with Crippen LogP contribution in [0.2, 0.25) is 5.02 Å². The highest BCUT2D eigenvalue weighted by molar-refractivity contribution is 7.99. The number of benzene rings is 1. The number of thioether (sulfide) groups is 1. The third-order valence-electron chi connectivity index (χ3n) is 4.22. The van der Waals surface area contributed by atoms with Crippen LogP contribution in [0.15, 0.2) is 29.2 Å². The van der Waals surface area contributed by atoms with E-state index in [1.54, 1.807) is 11.8 Å². The minimum absolute atomic E-state index is 0.0330. The Balaban J connectivity index is 1.69. The van der Waals surface area contributed by atoms with Crippen LogP contribution in [0.3, 0.4) is 0 Å². The first-order chi connectivity index (χ1) is 12.5. The van der Waals surface area contributed by atoms with Crippen molar-refractivity contribution in [1.82, 2.24) is 15.5 Å². The number of hydrogen-bond donors (Lipinski definition) is 2. The molecule has 144 valence electrons. The van der Waals surface area contributed by atoms with E-state index in [2.05, 4.69) is 29.4 Å². The largest absolute Gasteiger partial charge is 0.362 e. The summed E-state index contributed by atoms with van der Waals surface area (Å²) in [6.07, 6.45) is 1.94. The average Bonchev–Trinajstić information content (AvgIpc) is 2.64. The van der Waals surface area contributed by atoms with Gasteiger partial charge in [0.15, 0.2) is 5.11 Å². The van der Waals surface area contributed by atoms with E-state index in [1.807, 2.05) is 24.3 Å². The van der Waals surface area contributed by atoms with Gasteiger partial charge in [-0.3, -0.25) is 4.79 Å². The van der Waals surface area contributed by atoms with Crippen LogP contribution < -0.4 is 10.6 Å². The Morgan fingerprint density at radius 2 is 2.08 bits per heavy atom. The van der Waals surface area contributed by atoms with E-state index in [0.29, 0.717) is 12.5 Å². The van der Waals surface area contributed by atoms with E-state index in [1.165, 1.54) is 4.90 Å². The number of hydrogen-bond acceptors (Lipinski definition) is 3. The fourth-order valence-corrected chi connectivity index (χ4v) is 3.96. The lowest BCUT2D eigenvalue weighted by atomic mass is 9.97. The summed E-state index contributed by atoms with van der Waals surface area (Å²) >= 11 is 13.2. The van der Waals surface area contributed by atoms with Gasteiger partial charge < -0.3 is 15.5 Å². The van der Waals surface area contributed by atoms with Crippen molar-refractivity contribution in [2.45, 2.75) is 31.6 Å². The minimum atomic E-state index is 0.0330. The van der Waals surface area contributed by atoms with Crippen molar-refractivity contribution in [3.8, 4) is 0 Å². The third kappa shape index (κ3) is 7.33. The van der Waals surface area contributed by atoms with Crippen molar-refractivity contribution in [2.75, 3.05) is 31.9 Å². The fourth-order valence-electron chi connectivity index (χ4n) is 2.79. The van der Waals surface area contributed by atoms with Crippen molar-refractivity contribution >= 4 is 46.6 Å². The Labute approximate surface area is 171 Å². The monoisotopic (exact) mass is 413 g/mol. The molecule has 1 fully saturated rings. The first kappa shape index (κ1) is 21.3. The molecule has 0 spiro atoms. The number of halogens is 1. The van der Waals surface area contributed by atoms with Crippen LogP contribution in [0.5, 0.6) is 0 Å². The van der Waals surface area contributed by atoms with Gasteiger partial charge in [0.05, 0.1) is 5.92 Å². The molecule has 2 rings (SSSR count). The first-order valence-electron chi connectivity index (χ1n) is 9.14. The van der Waals surface area contributed by atoms with Crippen LogP contribution in [-0.2, 0) is 4.79 Å². The van der Waals surface area contributed by atoms with Gasteiger partial charge in [0, 0.05) is 41.8 Å². The number of rotatable bonds is 7. The number of likely N-dealkylation sites (tertiary alicyclic amines) is 1. The van der Waals surface area contributed by atoms with Crippen LogP contribution in [0.4, 0.5) is 0 Å². The van der Waals surface area contributed by atoms with Crippen molar-refractivity contribution < 1.29 is 4.79 Å². The molecule has 7 heteroatoms. The summed E-state index contributed by atoms with van der Waals surface area (Å²) in [6.45, 7) is 7.38. The van der Waals surface area contributed by atoms with Crippen molar-refractivity contribution in [3.63, 3.8) is 0 Å². The zero-order chi connectivity index (χ0) is 18.9. The number of nitrogens with zero attached hydrogens (tertiary/aromatic N) is 1. The molecule has 1 saturated heterocycles. The summed E-state index contributed by atoms with van der Waals surface area (Å²) < 4.78 is 0. The van der Waals surface area contributed by atoms with Crippen LogP contribution >= 0.6 is 35.6 Å². The van der Waals surface area contributed by atoms with E-state index in [9.17, 15) is 4.79 Å². The van der Waals surface area contributed by atoms with Gasteiger partial charge in [-0.1, -0.05) is 25.4 Å². The molecule has 26 heavy (non-hydrogen) atoms. The van der Waals surface area contributed by atoms with Gasteiger partial charge in [-0.05, 0) is 55.2 Å². The van der Waals surface area contributed by atoms with E-state index in [4.69, 9.17) is 23.8 Å². The lowest BCUT2D eigenvalue weighted by Gasteiger charge is -2.34. The molecule has 0 saturated carbocycles. The van der Waals surface area contributed by atoms with Crippen LogP contribution in [0.25, 0.3) is 0 Å². The smallest absolute Gasteiger partial charge is 0.224 e. The van der Waals surface area contributed by atoms with Crippen molar-refractivity contribution in [2.24, 2.45) is 11.8 Å². The second-order valence-corrected chi connectivity index (χ2v) is 8.95. The molecular weight excluding hydrogens is 386 g/mol. The van der Waals surface area contributed by atoms with Crippen molar-refractivity contribution in [1.29, 1.82) is 0 Å². The van der Waals surface area contributed by atoms with Gasteiger partial charge in [-0.15, -0.1) is 11.8 Å². The summed E-state index contributed by atoms with van der Waals surface area (Å²) in [6, 6.07) is 7.85. The predicted octanol–water partition coefficient (Wildman–Crippen LogP) is 3.79. The maximum absolute atomic E-state index is 12.3.